The van der Waals surface area contributed by atoms with Crippen LogP contribution in [0.15, 0.2) is 30.3 Å². The maximum Gasteiger partial charge on any atom is 0.200 e. The first-order valence-corrected chi connectivity index (χ1v) is 8.59. The molecule has 0 amide bonds. The van der Waals surface area contributed by atoms with E-state index in [1.54, 1.807) is 0 Å². The molecule has 3 unspecified atom stereocenters. The third-order valence-corrected chi connectivity index (χ3v) is 4.83. The number of aliphatic hydroxyl groups is 4. The molecule has 8 N–H and O–H groups in total. The average Bonchev–Trinajstić information content (AvgIpc) is 2.68. The second kappa shape index (κ2) is 7.85. The minimum Gasteiger partial charge on any atom is -0.508 e. The molecular weight excluding hydrogens is 388 g/mol. The van der Waals surface area contributed by atoms with Gasteiger partial charge in [-0.2, -0.15) is 0 Å². The summed E-state index contributed by atoms with van der Waals surface area (Å²) in [6.07, 6.45) is -8.22. The van der Waals surface area contributed by atoms with Gasteiger partial charge in [0.05, 0.1) is 12.2 Å². The third-order valence-electron chi connectivity index (χ3n) is 4.83. The molecule has 1 aliphatic heterocycles. The van der Waals surface area contributed by atoms with E-state index >= 15 is 0 Å². The SMILES string of the molecule is O=C(c1ccc(O)cc1)c1c(O)cc(O)c(C2OC(CO)C(O)[C@H](O)[C@@H]2O)c1O. The van der Waals surface area contributed by atoms with Crippen LogP contribution in [0.3, 0.4) is 0 Å². The van der Waals surface area contributed by atoms with Crippen molar-refractivity contribution in [2.24, 2.45) is 0 Å². The fourth-order valence-corrected chi connectivity index (χ4v) is 3.26. The van der Waals surface area contributed by atoms with Crippen molar-refractivity contribution in [3.05, 3.63) is 47.0 Å². The summed E-state index contributed by atoms with van der Waals surface area (Å²) in [7, 11) is 0. The van der Waals surface area contributed by atoms with Crippen LogP contribution in [0.25, 0.3) is 0 Å². The van der Waals surface area contributed by atoms with Crippen molar-refractivity contribution in [3.8, 4) is 23.0 Å². The maximum absolute atomic E-state index is 12.7. The molecule has 5 atom stereocenters. The molecule has 1 fully saturated rings. The molecule has 10 heteroatoms. The lowest BCUT2D eigenvalue weighted by Gasteiger charge is -2.40. The number of ketones is 1. The van der Waals surface area contributed by atoms with Crippen molar-refractivity contribution in [2.75, 3.05) is 6.61 Å². The lowest BCUT2D eigenvalue weighted by molar-refractivity contribution is -0.232. The van der Waals surface area contributed by atoms with E-state index in [2.05, 4.69) is 0 Å². The number of rotatable bonds is 4. The average molecular weight is 408 g/mol. The molecular formula is C19H20O10. The molecule has 0 aliphatic carbocycles. The van der Waals surface area contributed by atoms with Crippen LogP contribution in [0, 0.1) is 0 Å². The zero-order valence-corrected chi connectivity index (χ0v) is 14.9. The number of carbonyl (C=O) groups is 1. The van der Waals surface area contributed by atoms with E-state index in [0.29, 0.717) is 0 Å². The summed E-state index contributed by atoms with van der Waals surface area (Å²) in [4.78, 5) is 12.7. The van der Waals surface area contributed by atoms with E-state index < -0.39 is 71.3 Å². The lowest BCUT2D eigenvalue weighted by atomic mass is 9.88. The Morgan fingerprint density at radius 3 is 2.10 bits per heavy atom. The highest BCUT2D eigenvalue weighted by Gasteiger charge is 2.46. The molecule has 2 aromatic rings. The normalized spacial score (nSPS) is 27.0. The van der Waals surface area contributed by atoms with Gasteiger partial charge in [-0.25, -0.2) is 0 Å². The van der Waals surface area contributed by atoms with Crippen molar-refractivity contribution in [2.45, 2.75) is 30.5 Å². The first kappa shape index (κ1) is 20.8. The van der Waals surface area contributed by atoms with Gasteiger partial charge in [-0.15, -0.1) is 0 Å². The number of benzene rings is 2. The molecule has 0 aromatic heterocycles. The number of hydrogen-bond acceptors (Lipinski definition) is 10. The molecule has 29 heavy (non-hydrogen) atoms. The highest BCUT2D eigenvalue weighted by atomic mass is 16.5. The number of phenolic OH excluding ortho intramolecular Hbond substituents is 4. The first-order valence-electron chi connectivity index (χ1n) is 8.59. The summed E-state index contributed by atoms with van der Waals surface area (Å²) in [6.45, 7) is -0.736. The Kier molecular flexibility index (Phi) is 5.64. The first-order chi connectivity index (χ1) is 13.7. The molecule has 0 saturated carbocycles. The Morgan fingerprint density at radius 1 is 0.897 bits per heavy atom. The van der Waals surface area contributed by atoms with Gasteiger partial charge in [0, 0.05) is 11.6 Å². The molecule has 10 nitrogen and oxygen atoms in total. The smallest absolute Gasteiger partial charge is 0.200 e. The molecule has 1 aliphatic rings. The van der Waals surface area contributed by atoms with Gasteiger partial charge in [0.2, 0.25) is 5.78 Å². The largest absolute Gasteiger partial charge is 0.508 e. The number of carbonyl (C=O) groups excluding carboxylic acids is 1. The van der Waals surface area contributed by atoms with E-state index in [4.69, 9.17) is 4.74 Å². The van der Waals surface area contributed by atoms with E-state index in [1.165, 1.54) is 24.3 Å². The van der Waals surface area contributed by atoms with Crippen molar-refractivity contribution in [3.63, 3.8) is 0 Å². The van der Waals surface area contributed by atoms with Crippen LogP contribution in [0.1, 0.15) is 27.6 Å². The molecule has 1 heterocycles. The van der Waals surface area contributed by atoms with Gasteiger partial charge in [-0.05, 0) is 24.3 Å². The Hall–Kier alpha value is -2.89. The van der Waals surface area contributed by atoms with Crippen LogP contribution >= 0.6 is 0 Å². The summed E-state index contributed by atoms with van der Waals surface area (Å²) in [5.41, 5.74) is -1.12. The summed E-state index contributed by atoms with van der Waals surface area (Å²) in [5, 5.41) is 79.7. The van der Waals surface area contributed by atoms with Crippen molar-refractivity contribution in [1.29, 1.82) is 0 Å². The van der Waals surface area contributed by atoms with Crippen molar-refractivity contribution in [1.82, 2.24) is 0 Å². The van der Waals surface area contributed by atoms with Gasteiger partial charge in [0.1, 0.15) is 59.1 Å². The number of ether oxygens (including phenoxy) is 1. The predicted molar refractivity (Wildman–Crippen MR) is 95.7 cm³/mol. The third kappa shape index (κ3) is 3.59. The Bertz CT molecular complexity index is 908. The number of hydrogen-bond donors (Lipinski definition) is 8. The molecule has 1 saturated heterocycles. The number of aliphatic hydroxyl groups excluding tert-OH is 4. The zero-order chi connectivity index (χ0) is 21.5. The summed E-state index contributed by atoms with van der Waals surface area (Å²) in [5.74, 6) is -3.38. The second-order valence-corrected chi connectivity index (χ2v) is 6.68. The van der Waals surface area contributed by atoms with E-state index in [9.17, 15) is 45.6 Å². The maximum atomic E-state index is 12.7. The van der Waals surface area contributed by atoms with Crippen LogP contribution in [-0.4, -0.2) is 77.7 Å². The van der Waals surface area contributed by atoms with Crippen LogP contribution < -0.4 is 0 Å². The fraction of sp³-hybridized carbons (Fsp3) is 0.316. The zero-order valence-electron chi connectivity index (χ0n) is 14.9. The molecule has 0 radical (unpaired) electrons. The second-order valence-electron chi connectivity index (χ2n) is 6.68. The molecule has 156 valence electrons. The molecule has 2 aromatic carbocycles. The van der Waals surface area contributed by atoms with Crippen molar-refractivity contribution >= 4 is 5.78 Å². The predicted octanol–water partition coefficient (Wildman–Crippen LogP) is -0.745. The summed E-state index contributed by atoms with van der Waals surface area (Å²) in [6, 6.07) is 5.69. The molecule has 3 rings (SSSR count). The minimum absolute atomic E-state index is 0.00107. The van der Waals surface area contributed by atoms with Crippen LogP contribution in [0.5, 0.6) is 23.0 Å². The number of phenols is 4. The quantitative estimate of drug-likeness (QED) is 0.299. The fourth-order valence-electron chi connectivity index (χ4n) is 3.26. The molecule has 0 bridgehead atoms. The standard InChI is InChI=1S/C19H20O10/c20-6-11-15(25)17(27)18(28)19(29-11)13-10(23)5-9(22)12(16(13)26)14(24)7-1-3-8(21)4-2-7/h1-5,11,15,17-23,25-28H,6H2/t11?,15?,17-,18-,19?/m0/s1. The molecule has 0 spiro atoms. The topological polar surface area (TPSA) is 188 Å². The Morgan fingerprint density at radius 2 is 1.52 bits per heavy atom. The van der Waals surface area contributed by atoms with Crippen LogP contribution in [-0.2, 0) is 4.74 Å². The van der Waals surface area contributed by atoms with Crippen molar-refractivity contribution < 1.29 is 50.4 Å². The lowest BCUT2D eigenvalue weighted by Crippen LogP contribution is -2.55. The summed E-state index contributed by atoms with van der Waals surface area (Å²) < 4.78 is 5.32. The minimum atomic E-state index is -1.83. The van der Waals surface area contributed by atoms with Gasteiger partial charge >= 0.3 is 0 Å². The van der Waals surface area contributed by atoms with Gasteiger partial charge < -0.3 is 45.6 Å². The van der Waals surface area contributed by atoms with Gasteiger partial charge in [0.15, 0.2) is 0 Å². The van der Waals surface area contributed by atoms with E-state index in [0.717, 1.165) is 6.07 Å². The number of aromatic hydroxyl groups is 4. The van der Waals surface area contributed by atoms with Crippen LogP contribution in [0.4, 0.5) is 0 Å². The van der Waals surface area contributed by atoms with E-state index in [1.807, 2.05) is 0 Å². The Labute approximate surface area is 164 Å². The monoisotopic (exact) mass is 408 g/mol. The van der Waals surface area contributed by atoms with Gasteiger partial charge in [0.25, 0.3) is 0 Å². The van der Waals surface area contributed by atoms with Crippen LogP contribution in [0.2, 0.25) is 0 Å². The van der Waals surface area contributed by atoms with E-state index in [-0.39, 0.29) is 11.3 Å². The highest BCUT2D eigenvalue weighted by Crippen LogP contribution is 2.46. The Balaban J connectivity index is 2.10. The van der Waals surface area contributed by atoms with Gasteiger partial charge in [-0.1, -0.05) is 0 Å². The highest BCUT2D eigenvalue weighted by molar-refractivity contribution is 6.12. The summed E-state index contributed by atoms with van der Waals surface area (Å²) >= 11 is 0. The van der Waals surface area contributed by atoms with Gasteiger partial charge in [-0.3, -0.25) is 4.79 Å².